The molecule has 0 radical (unpaired) electrons. The summed E-state index contributed by atoms with van der Waals surface area (Å²) in [5.41, 5.74) is 4.39. The summed E-state index contributed by atoms with van der Waals surface area (Å²) in [5.74, 6) is 1.67. The van der Waals surface area contributed by atoms with Crippen LogP contribution >= 0.6 is 0 Å². The summed E-state index contributed by atoms with van der Waals surface area (Å²) in [6, 6.07) is 11.4. The highest BCUT2D eigenvalue weighted by Gasteiger charge is 2.39. The molecule has 0 nitrogen and oxygen atoms in total. The predicted molar refractivity (Wildman–Crippen MR) is 68.6 cm³/mol. The molecule has 2 aromatic carbocycles. The molecule has 0 heteroatoms. The van der Waals surface area contributed by atoms with Crippen LogP contribution in [0.25, 0.3) is 16.8 Å². The van der Waals surface area contributed by atoms with Crippen LogP contribution in [0.2, 0.25) is 0 Å². The first kappa shape index (κ1) is 8.58. The van der Waals surface area contributed by atoms with Crippen molar-refractivity contribution in [2.24, 2.45) is 5.92 Å². The van der Waals surface area contributed by atoms with Crippen molar-refractivity contribution in [1.29, 1.82) is 0 Å². The minimum Gasteiger partial charge on any atom is -0.0802 e. The topological polar surface area (TPSA) is 0 Å². The van der Waals surface area contributed by atoms with Crippen LogP contribution in [0.15, 0.2) is 36.4 Å². The van der Waals surface area contributed by atoms with Crippen molar-refractivity contribution in [2.75, 3.05) is 0 Å². The molecule has 4 rings (SSSR count). The average Bonchev–Trinajstić information content (AvgIpc) is 3.07. The van der Waals surface area contributed by atoms with Crippen LogP contribution in [-0.2, 0) is 0 Å². The summed E-state index contributed by atoms with van der Waals surface area (Å²) >= 11 is 0. The standard InChI is InChI=1S/C16H14/c1-10-2-5-13-11(8-10)3-7-15-14(13)6-4-12-9-16(12)15/h2-8,12,16H,9H2,1H3. The lowest BCUT2D eigenvalue weighted by atomic mass is 9.91. The van der Waals surface area contributed by atoms with Gasteiger partial charge in [0.15, 0.2) is 0 Å². The molecule has 1 saturated carbocycles. The van der Waals surface area contributed by atoms with E-state index < -0.39 is 0 Å². The van der Waals surface area contributed by atoms with Crippen LogP contribution in [0.1, 0.15) is 29.0 Å². The Kier molecular flexibility index (Phi) is 1.48. The van der Waals surface area contributed by atoms with E-state index >= 15 is 0 Å². The van der Waals surface area contributed by atoms with E-state index in [-0.39, 0.29) is 0 Å². The minimum atomic E-state index is 0.825. The first-order valence-corrected chi connectivity index (χ1v) is 6.04. The Morgan fingerprint density at radius 2 is 2.06 bits per heavy atom. The van der Waals surface area contributed by atoms with Gasteiger partial charge in [-0.25, -0.2) is 0 Å². The largest absolute Gasteiger partial charge is 0.0802 e. The van der Waals surface area contributed by atoms with Crippen molar-refractivity contribution < 1.29 is 0 Å². The summed E-state index contributed by atoms with van der Waals surface area (Å²) in [7, 11) is 0. The number of rotatable bonds is 0. The van der Waals surface area contributed by atoms with Gasteiger partial charge in [-0.2, -0.15) is 0 Å². The molecule has 1 fully saturated rings. The summed E-state index contributed by atoms with van der Waals surface area (Å²) in [5, 5.41) is 2.80. The number of hydrogen-bond acceptors (Lipinski definition) is 0. The molecular formula is C16H14. The Morgan fingerprint density at radius 3 is 3.00 bits per heavy atom. The molecular weight excluding hydrogens is 192 g/mol. The maximum atomic E-state index is 2.40. The molecule has 2 aliphatic rings. The Hall–Kier alpha value is -1.56. The van der Waals surface area contributed by atoms with E-state index in [9.17, 15) is 0 Å². The number of hydrogen-bond donors (Lipinski definition) is 0. The third kappa shape index (κ3) is 1.05. The molecule has 2 aromatic rings. The van der Waals surface area contributed by atoms with Crippen molar-refractivity contribution in [3.63, 3.8) is 0 Å². The SMILES string of the molecule is Cc1ccc2c3c(ccc2c1)C1CC1C=C3. The van der Waals surface area contributed by atoms with Crippen molar-refractivity contribution >= 4 is 16.8 Å². The van der Waals surface area contributed by atoms with Crippen LogP contribution in [0, 0.1) is 12.8 Å². The zero-order valence-corrected chi connectivity index (χ0v) is 9.40. The van der Waals surface area contributed by atoms with Gasteiger partial charge in [0, 0.05) is 0 Å². The van der Waals surface area contributed by atoms with E-state index in [1.54, 1.807) is 5.56 Å². The van der Waals surface area contributed by atoms with E-state index in [2.05, 4.69) is 49.4 Å². The molecule has 0 spiro atoms. The molecule has 0 saturated heterocycles. The maximum Gasteiger partial charge on any atom is -0.00867 e. The minimum absolute atomic E-state index is 0.825. The average molecular weight is 206 g/mol. The van der Waals surface area contributed by atoms with Crippen LogP contribution in [-0.4, -0.2) is 0 Å². The Morgan fingerprint density at radius 1 is 1.12 bits per heavy atom. The first-order valence-electron chi connectivity index (χ1n) is 6.04. The first-order chi connectivity index (χ1) is 7.83. The Labute approximate surface area is 95.6 Å². The normalized spacial score (nSPS) is 25.3. The second-order valence-corrected chi connectivity index (χ2v) is 5.16. The molecule has 0 heterocycles. The highest BCUT2D eigenvalue weighted by Crippen LogP contribution is 2.53. The van der Waals surface area contributed by atoms with Crippen molar-refractivity contribution in [3.05, 3.63) is 53.1 Å². The molecule has 0 bridgehead atoms. The van der Waals surface area contributed by atoms with Gasteiger partial charge in [-0.1, -0.05) is 48.0 Å². The monoisotopic (exact) mass is 206 g/mol. The third-order valence-electron chi connectivity index (χ3n) is 4.00. The van der Waals surface area contributed by atoms with Crippen molar-refractivity contribution in [3.8, 4) is 0 Å². The molecule has 2 aliphatic carbocycles. The van der Waals surface area contributed by atoms with Gasteiger partial charge < -0.3 is 0 Å². The Bertz CT molecular complexity index is 619. The highest BCUT2D eigenvalue weighted by atomic mass is 14.4. The summed E-state index contributed by atoms with van der Waals surface area (Å²) in [4.78, 5) is 0. The van der Waals surface area contributed by atoms with Crippen LogP contribution < -0.4 is 0 Å². The lowest BCUT2D eigenvalue weighted by Crippen LogP contribution is -1.93. The fraction of sp³-hybridized carbons (Fsp3) is 0.250. The van der Waals surface area contributed by atoms with Crippen LogP contribution in [0.3, 0.4) is 0 Å². The van der Waals surface area contributed by atoms with E-state index in [0.717, 1.165) is 11.8 Å². The molecule has 0 aromatic heterocycles. The molecule has 2 atom stereocenters. The van der Waals surface area contributed by atoms with Gasteiger partial charge in [-0.15, -0.1) is 0 Å². The maximum absolute atomic E-state index is 2.40. The highest BCUT2D eigenvalue weighted by molar-refractivity contribution is 5.93. The smallest absolute Gasteiger partial charge is 0.00867 e. The van der Waals surface area contributed by atoms with Crippen LogP contribution in [0.5, 0.6) is 0 Å². The molecule has 0 aliphatic heterocycles. The second kappa shape index (κ2) is 2.76. The zero-order valence-electron chi connectivity index (χ0n) is 9.40. The number of benzene rings is 2. The molecule has 78 valence electrons. The zero-order chi connectivity index (χ0) is 10.7. The van der Waals surface area contributed by atoms with Gasteiger partial charge in [0.2, 0.25) is 0 Å². The molecule has 2 unspecified atom stereocenters. The van der Waals surface area contributed by atoms with Crippen LogP contribution in [0.4, 0.5) is 0 Å². The fourth-order valence-electron chi connectivity index (χ4n) is 3.00. The number of allylic oxidation sites excluding steroid dienone is 1. The van der Waals surface area contributed by atoms with Crippen molar-refractivity contribution in [2.45, 2.75) is 19.3 Å². The van der Waals surface area contributed by atoms with Gasteiger partial charge in [0.25, 0.3) is 0 Å². The lowest BCUT2D eigenvalue weighted by Gasteiger charge is -2.13. The Balaban J connectivity index is 2.09. The summed E-state index contributed by atoms with van der Waals surface area (Å²) in [6.45, 7) is 2.16. The van der Waals surface area contributed by atoms with E-state index in [0.29, 0.717) is 0 Å². The van der Waals surface area contributed by atoms with E-state index in [1.807, 2.05) is 0 Å². The van der Waals surface area contributed by atoms with Crippen molar-refractivity contribution in [1.82, 2.24) is 0 Å². The van der Waals surface area contributed by atoms with Gasteiger partial charge in [0.1, 0.15) is 0 Å². The predicted octanol–water partition coefficient (Wildman–Crippen LogP) is 4.28. The van der Waals surface area contributed by atoms with Gasteiger partial charge in [-0.05, 0) is 47.1 Å². The van der Waals surface area contributed by atoms with E-state index in [1.165, 1.54) is 28.3 Å². The third-order valence-corrected chi connectivity index (χ3v) is 4.00. The second-order valence-electron chi connectivity index (χ2n) is 5.16. The van der Waals surface area contributed by atoms with Gasteiger partial charge >= 0.3 is 0 Å². The number of aryl methyl sites for hydroxylation is 1. The molecule has 0 amide bonds. The summed E-state index contributed by atoms with van der Waals surface area (Å²) < 4.78 is 0. The quantitative estimate of drug-likeness (QED) is 0.603. The summed E-state index contributed by atoms with van der Waals surface area (Å²) in [6.07, 6.45) is 6.09. The molecule has 0 N–H and O–H groups in total. The fourth-order valence-corrected chi connectivity index (χ4v) is 3.00. The number of fused-ring (bicyclic) bond motifs is 5. The lowest BCUT2D eigenvalue weighted by molar-refractivity contribution is 1.000. The van der Waals surface area contributed by atoms with Gasteiger partial charge in [-0.3, -0.25) is 0 Å². The van der Waals surface area contributed by atoms with Gasteiger partial charge in [0.05, 0.1) is 0 Å². The molecule has 16 heavy (non-hydrogen) atoms. The van der Waals surface area contributed by atoms with E-state index in [4.69, 9.17) is 0 Å².